The third kappa shape index (κ3) is 3.70. The molecular weight excluding hydrogens is 248 g/mol. The van der Waals surface area contributed by atoms with Crippen molar-refractivity contribution in [1.82, 2.24) is 0 Å². The lowest BCUT2D eigenvalue weighted by atomic mass is 9.95. The molecule has 2 atom stereocenters. The van der Waals surface area contributed by atoms with Gasteiger partial charge < -0.3 is 5.11 Å². The normalized spacial score (nSPS) is 15.5. The first-order chi connectivity index (χ1) is 8.25. The van der Waals surface area contributed by atoms with Gasteiger partial charge in [0.2, 0.25) is 0 Å². The van der Waals surface area contributed by atoms with Crippen LogP contribution >= 0.6 is 0 Å². The quantitative estimate of drug-likeness (QED) is 0.803. The van der Waals surface area contributed by atoms with Gasteiger partial charge in [-0.15, -0.1) is 0 Å². The molecule has 0 radical (unpaired) electrons. The Balaban J connectivity index is 2.98. The molecule has 0 heterocycles. The summed E-state index contributed by atoms with van der Waals surface area (Å²) in [6.45, 7) is 3.83. The molecule has 0 aromatic heterocycles. The van der Waals surface area contributed by atoms with Gasteiger partial charge in [0.05, 0.1) is 11.7 Å². The van der Waals surface area contributed by atoms with Crippen molar-refractivity contribution in [2.45, 2.75) is 39.0 Å². The van der Waals surface area contributed by atoms with Crippen LogP contribution in [0.1, 0.15) is 43.9 Å². The van der Waals surface area contributed by atoms with Crippen molar-refractivity contribution in [3.05, 3.63) is 35.1 Å². The molecule has 0 amide bonds. The van der Waals surface area contributed by atoms with E-state index in [1.807, 2.05) is 13.8 Å². The molecule has 1 rings (SSSR count). The number of alkyl halides is 3. The number of hydrogen-bond donors (Lipinski definition) is 1. The molecule has 1 aromatic carbocycles. The number of rotatable bonds is 4. The molecule has 0 aliphatic carbocycles. The first-order valence-electron chi connectivity index (χ1n) is 5.80. The van der Waals surface area contributed by atoms with Crippen molar-refractivity contribution in [2.75, 3.05) is 0 Å². The second-order valence-electron chi connectivity index (χ2n) is 4.50. The van der Waals surface area contributed by atoms with Crippen LogP contribution in [0.4, 0.5) is 17.6 Å². The third-order valence-corrected chi connectivity index (χ3v) is 3.00. The molecule has 1 aromatic rings. The third-order valence-electron chi connectivity index (χ3n) is 3.00. The van der Waals surface area contributed by atoms with E-state index in [0.717, 1.165) is 12.5 Å². The Labute approximate surface area is 103 Å². The van der Waals surface area contributed by atoms with Gasteiger partial charge >= 0.3 is 6.18 Å². The lowest BCUT2D eigenvalue weighted by Crippen LogP contribution is -2.11. The summed E-state index contributed by atoms with van der Waals surface area (Å²) < 4.78 is 50.6. The molecule has 1 nitrogen and oxygen atoms in total. The Morgan fingerprint density at radius 3 is 2.39 bits per heavy atom. The van der Waals surface area contributed by atoms with Gasteiger partial charge in [0.1, 0.15) is 5.82 Å². The van der Waals surface area contributed by atoms with E-state index < -0.39 is 23.7 Å². The minimum Gasteiger partial charge on any atom is -0.388 e. The largest absolute Gasteiger partial charge is 0.419 e. The lowest BCUT2D eigenvalue weighted by Gasteiger charge is -2.17. The molecule has 0 saturated heterocycles. The van der Waals surface area contributed by atoms with Gasteiger partial charge in [0, 0.05) is 0 Å². The molecule has 0 bridgehead atoms. The van der Waals surface area contributed by atoms with Crippen LogP contribution in [0.3, 0.4) is 0 Å². The molecule has 5 heteroatoms. The molecule has 2 unspecified atom stereocenters. The van der Waals surface area contributed by atoms with E-state index in [1.54, 1.807) is 0 Å². The summed E-state index contributed by atoms with van der Waals surface area (Å²) in [6, 6.07) is 2.62. The van der Waals surface area contributed by atoms with Crippen LogP contribution in [0.15, 0.2) is 18.2 Å². The minimum absolute atomic E-state index is 0.101. The second-order valence-corrected chi connectivity index (χ2v) is 4.50. The molecule has 0 saturated carbocycles. The fourth-order valence-corrected chi connectivity index (χ4v) is 1.65. The van der Waals surface area contributed by atoms with Crippen molar-refractivity contribution < 1.29 is 22.7 Å². The zero-order chi connectivity index (χ0) is 13.9. The van der Waals surface area contributed by atoms with Crippen LogP contribution in [0.2, 0.25) is 0 Å². The van der Waals surface area contributed by atoms with Crippen molar-refractivity contribution in [1.29, 1.82) is 0 Å². The molecule has 0 fully saturated rings. The maximum atomic E-state index is 13.1. The monoisotopic (exact) mass is 264 g/mol. The summed E-state index contributed by atoms with van der Waals surface area (Å²) in [6.07, 6.45) is -4.55. The standard InChI is InChI=1S/C13H16F4O/c1-3-8(2)6-12(18)9-4-5-11(14)10(7-9)13(15,16)17/h4-5,7-8,12,18H,3,6H2,1-2H3. The van der Waals surface area contributed by atoms with E-state index in [4.69, 9.17) is 0 Å². The summed E-state index contributed by atoms with van der Waals surface area (Å²) in [5, 5.41) is 9.81. The van der Waals surface area contributed by atoms with Gasteiger partial charge in [-0.05, 0) is 30.0 Å². The Bertz CT molecular complexity index is 400. The van der Waals surface area contributed by atoms with E-state index in [1.165, 1.54) is 6.07 Å². The van der Waals surface area contributed by atoms with Gasteiger partial charge in [-0.3, -0.25) is 0 Å². The second kappa shape index (κ2) is 5.69. The summed E-state index contributed by atoms with van der Waals surface area (Å²) in [4.78, 5) is 0. The molecule has 102 valence electrons. The number of aliphatic hydroxyl groups is 1. The van der Waals surface area contributed by atoms with Gasteiger partial charge in [-0.2, -0.15) is 13.2 Å². The molecule has 0 aliphatic rings. The zero-order valence-electron chi connectivity index (χ0n) is 10.3. The molecular formula is C13H16F4O. The number of aliphatic hydroxyl groups excluding tert-OH is 1. The maximum Gasteiger partial charge on any atom is 0.419 e. The van der Waals surface area contributed by atoms with Crippen LogP contribution in [0, 0.1) is 11.7 Å². The van der Waals surface area contributed by atoms with Crippen LogP contribution < -0.4 is 0 Å². The van der Waals surface area contributed by atoms with Crippen molar-refractivity contribution in [3.8, 4) is 0 Å². The van der Waals surface area contributed by atoms with E-state index in [0.29, 0.717) is 12.5 Å². The molecule has 1 N–H and O–H groups in total. The minimum atomic E-state index is -4.74. The van der Waals surface area contributed by atoms with Gasteiger partial charge in [-0.1, -0.05) is 26.3 Å². The smallest absolute Gasteiger partial charge is 0.388 e. The van der Waals surface area contributed by atoms with Crippen molar-refractivity contribution in [2.24, 2.45) is 5.92 Å². The SMILES string of the molecule is CCC(C)CC(O)c1ccc(F)c(C(F)(F)F)c1. The average Bonchev–Trinajstić information content (AvgIpc) is 2.27. The first kappa shape index (κ1) is 15.0. The summed E-state index contributed by atoms with van der Waals surface area (Å²) in [5.74, 6) is -1.12. The average molecular weight is 264 g/mol. The van der Waals surface area contributed by atoms with Crippen LogP contribution in [0.5, 0.6) is 0 Å². The van der Waals surface area contributed by atoms with Gasteiger partial charge in [-0.25, -0.2) is 4.39 Å². The molecule has 0 aliphatic heterocycles. The maximum absolute atomic E-state index is 13.1. The summed E-state index contributed by atoms with van der Waals surface area (Å²) in [5.41, 5.74) is -1.23. The lowest BCUT2D eigenvalue weighted by molar-refractivity contribution is -0.140. The summed E-state index contributed by atoms with van der Waals surface area (Å²) in [7, 11) is 0. The van der Waals surface area contributed by atoms with E-state index >= 15 is 0 Å². The Kier molecular flexibility index (Phi) is 4.73. The van der Waals surface area contributed by atoms with Crippen LogP contribution in [0.25, 0.3) is 0 Å². The fraction of sp³-hybridized carbons (Fsp3) is 0.538. The molecule has 18 heavy (non-hydrogen) atoms. The zero-order valence-corrected chi connectivity index (χ0v) is 10.3. The highest BCUT2D eigenvalue weighted by atomic mass is 19.4. The van der Waals surface area contributed by atoms with E-state index in [9.17, 15) is 22.7 Å². The van der Waals surface area contributed by atoms with Gasteiger partial charge in [0.25, 0.3) is 0 Å². The van der Waals surface area contributed by atoms with Crippen LogP contribution in [-0.4, -0.2) is 5.11 Å². The number of halogens is 4. The van der Waals surface area contributed by atoms with Crippen LogP contribution in [-0.2, 0) is 6.18 Å². The fourth-order valence-electron chi connectivity index (χ4n) is 1.65. The highest BCUT2D eigenvalue weighted by Gasteiger charge is 2.34. The number of benzene rings is 1. The van der Waals surface area contributed by atoms with E-state index in [-0.39, 0.29) is 11.5 Å². The van der Waals surface area contributed by atoms with Crippen molar-refractivity contribution >= 4 is 0 Å². The Hall–Kier alpha value is -1.10. The first-order valence-corrected chi connectivity index (χ1v) is 5.80. The Morgan fingerprint density at radius 2 is 1.89 bits per heavy atom. The highest BCUT2D eigenvalue weighted by Crippen LogP contribution is 2.34. The topological polar surface area (TPSA) is 20.2 Å². The summed E-state index contributed by atoms with van der Waals surface area (Å²) >= 11 is 0. The predicted octanol–water partition coefficient (Wildman–Crippen LogP) is 4.31. The Morgan fingerprint density at radius 1 is 1.28 bits per heavy atom. The highest BCUT2D eigenvalue weighted by molar-refractivity contribution is 5.28. The van der Waals surface area contributed by atoms with Gasteiger partial charge in [0.15, 0.2) is 0 Å². The molecule has 0 spiro atoms. The number of hydrogen-bond acceptors (Lipinski definition) is 1. The van der Waals surface area contributed by atoms with Crippen molar-refractivity contribution in [3.63, 3.8) is 0 Å². The predicted molar refractivity (Wildman–Crippen MR) is 60.4 cm³/mol. The van der Waals surface area contributed by atoms with E-state index in [2.05, 4.69) is 0 Å².